The van der Waals surface area contributed by atoms with Crippen LogP contribution in [0.25, 0.3) is 0 Å². The van der Waals surface area contributed by atoms with Gasteiger partial charge in [0.15, 0.2) is 0 Å². The van der Waals surface area contributed by atoms with Gasteiger partial charge in [0, 0.05) is 46.8 Å². The summed E-state index contributed by atoms with van der Waals surface area (Å²) >= 11 is 1.56. The summed E-state index contributed by atoms with van der Waals surface area (Å²) in [5, 5.41) is 6.81. The minimum Gasteiger partial charge on any atom is -0.378 e. The number of amides is 1. The first-order valence-electron chi connectivity index (χ1n) is 9.73. The largest absolute Gasteiger partial charge is 0.378 e. The maximum absolute atomic E-state index is 10.5. The predicted octanol–water partition coefficient (Wildman–Crippen LogP) is 4.08. The van der Waals surface area contributed by atoms with Gasteiger partial charge in [-0.15, -0.1) is 0 Å². The number of ether oxygens (including phenoxy) is 1. The Hall–Kier alpha value is -3.10. The molecule has 1 aromatic heterocycles. The van der Waals surface area contributed by atoms with Crippen LogP contribution >= 0.6 is 11.8 Å². The summed E-state index contributed by atoms with van der Waals surface area (Å²) in [5.41, 5.74) is 3.90. The van der Waals surface area contributed by atoms with E-state index in [-0.39, 0.29) is 0 Å². The molecular weight excluding hydrogens is 398 g/mol. The molecule has 0 atom stereocenters. The third-order valence-electron chi connectivity index (χ3n) is 4.72. The van der Waals surface area contributed by atoms with Crippen LogP contribution in [0.3, 0.4) is 0 Å². The highest BCUT2D eigenvalue weighted by Gasteiger charge is 2.11. The topological polar surface area (TPSA) is 79.4 Å². The average molecular weight is 422 g/mol. The quantitative estimate of drug-likeness (QED) is 0.439. The molecule has 2 N–H and O–H groups in total. The second kappa shape index (κ2) is 9.60. The molecule has 2 heterocycles. The lowest BCUT2D eigenvalue weighted by Gasteiger charge is -2.28. The van der Waals surface area contributed by atoms with Crippen LogP contribution in [0, 0.1) is 6.92 Å². The normalized spacial score (nSPS) is 13.7. The molecule has 1 amide bonds. The summed E-state index contributed by atoms with van der Waals surface area (Å²) in [6.07, 6.45) is 2.49. The van der Waals surface area contributed by atoms with Crippen molar-refractivity contribution in [1.29, 1.82) is 0 Å². The molecule has 1 aliphatic rings. The van der Waals surface area contributed by atoms with Crippen molar-refractivity contribution >= 4 is 41.2 Å². The van der Waals surface area contributed by atoms with Crippen molar-refractivity contribution in [2.75, 3.05) is 41.8 Å². The fourth-order valence-electron chi connectivity index (χ4n) is 3.10. The Kier molecular flexibility index (Phi) is 6.46. The molecule has 4 rings (SSSR count). The van der Waals surface area contributed by atoms with Crippen molar-refractivity contribution in [3.63, 3.8) is 0 Å². The molecule has 154 valence electrons. The highest BCUT2D eigenvalue weighted by molar-refractivity contribution is 7.99. The molecule has 2 aromatic carbocycles. The lowest BCUT2D eigenvalue weighted by molar-refractivity contribution is -0.105. The minimum absolute atomic E-state index is 0.557. The number of carbonyl (C=O) groups is 1. The fraction of sp³-hybridized carbons (Fsp3) is 0.227. The third kappa shape index (κ3) is 5.08. The van der Waals surface area contributed by atoms with E-state index in [1.165, 1.54) is 5.69 Å². The van der Waals surface area contributed by atoms with Crippen molar-refractivity contribution in [1.82, 2.24) is 9.97 Å². The summed E-state index contributed by atoms with van der Waals surface area (Å²) < 4.78 is 5.41. The first kappa shape index (κ1) is 20.2. The van der Waals surface area contributed by atoms with Gasteiger partial charge in [-0.1, -0.05) is 11.8 Å². The van der Waals surface area contributed by atoms with Gasteiger partial charge in [-0.2, -0.15) is 0 Å². The average Bonchev–Trinajstić information content (AvgIpc) is 2.79. The van der Waals surface area contributed by atoms with E-state index >= 15 is 0 Å². The fourth-order valence-corrected chi connectivity index (χ4v) is 3.94. The summed E-state index contributed by atoms with van der Waals surface area (Å²) in [5.74, 6) is 0.557. The number of morpholine rings is 1. The number of rotatable bonds is 7. The molecule has 0 bridgehead atoms. The number of carbonyl (C=O) groups excluding carboxylic acids is 1. The number of aromatic nitrogens is 2. The maximum Gasteiger partial charge on any atom is 0.228 e. The van der Waals surface area contributed by atoms with Crippen LogP contribution in [0.1, 0.15) is 5.56 Å². The molecule has 0 unspecified atom stereocenters. The number of hydrogen-bond acceptors (Lipinski definition) is 7. The zero-order valence-electron chi connectivity index (χ0n) is 16.7. The van der Waals surface area contributed by atoms with Crippen molar-refractivity contribution in [2.45, 2.75) is 16.8 Å². The lowest BCUT2D eigenvalue weighted by atomic mass is 10.2. The molecule has 1 aliphatic heterocycles. The smallest absolute Gasteiger partial charge is 0.228 e. The molecule has 1 fully saturated rings. The first-order chi connectivity index (χ1) is 14.7. The molecule has 0 radical (unpaired) electrons. The van der Waals surface area contributed by atoms with Gasteiger partial charge in [-0.25, -0.2) is 9.97 Å². The summed E-state index contributed by atoms with van der Waals surface area (Å²) in [4.78, 5) is 23.0. The Labute approximate surface area is 179 Å². The van der Waals surface area contributed by atoms with Gasteiger partial charge in [0.1, 0.15) is 5.03 Å². The molecule has 7 nitrogen and oxygen atoms in total. The van der Waals surface area contributed by atoms with E-state index in [1.807, 2.05) is 49.5 Å². The Morgan fingerprint density at radius 3 is 2.43 bits per heavy atom. The second-order valence-corrected chi connectivity index (χ2v) is 7.90. The highest BCUT2D eigenvalue weighted by atomic mass is 32.2. The van der Waals surface area contributed by atoms with E-state index < -0.39 is 0 Å². The van der Waals surface area contributed by atoms with Gasteiger partial charge in [0.25, 0.3) is 0 Å². The number of benzene rings is 2. The Morgan fingerprint density at radius 2 is 1.73 bits per heavy atom. The third-order valence-corrected chi connectivity index (χ3v) is 5.83. The Morgan fingerprint density at radius 1 is 1.03 bits per heavy atom. The van der Waals surface area contributed by atoms with E-state index in [1.54, 1.807) is 11.8 Å². The summed E-state index contributed by atoms with van der Waals surface area (Å²) in [7, 11) is 0. The van der Waals surface area contributed by atoms with Crippen molar-refractivity contribution in [3.05, 3.63) is 60.3 Å². The van der Waals surface area contributed by atoms with Crippen LogP contribution in [0.2, 0.25) is 0 Å². The Bertz CT molecular complexity index is 989. The molecule has 0 saturated carbocycles. The molecule has 1 saturated heterocycles. The molecule has 3 aromatic rings. The van der Waals surface area contributed by atoms with Gasteiger partial charge in [0.05, 0.1) is 13.2 Å². The monoisotopic (exact) mass is 421 g/mol. The minimum atomic E-state index is 0.557. The SMILES string of the molecule is Cc1cnc(Nc2ccc(N3CCOCC3)cc2)nc1Sc1ccc(NC=O)cc1. The van der Waals surface area contributed by atoms with Crippen LogP contribution in [0.5, 0.6) is 0 Å². The second-order valence-electron chi connectivity index (χ2n) is 6.84. The van der Waals surface area contributed by atoms with Crippen LogP contribution in [0.15, 0.2) is 64.6 Å². The molecule has 30 heavy (non-hydrogen) atoms. The first-order valence-corrected chi connectivity index (χ1v) is 10.5. The van der Waals surface area contributed by atoms with Crippen molar-refractivity contribution in [3.8, 4) is 0 Å². The van der Waals surface area contributed by atoms with Crippen LogP contribution in [-0.2, 0) is 9.53 Å². The number of hydrogen-bond donors (Lipinski definition) is 2. The van der Waals surface area contributed by atoms with E-state index in [0.717, 1.165) is 53.2 Å². The van der Waals surface area contributed by atoms with Crippen molar-refractivity contribution < 1.29 is 9.53 Å². The van der Waals surface area contributed by atoms with Gasteiger partial charge >= 0.3 is 0 Å². The van der Waals surface area contributed by atoms with E-state index in [9.17, 15) is 4.79 Å². The van der Waals surface area contributed by atoms with E-state index in [0.29, 0.717) is 12.4 Å². The Balaban J connectivity index is 1.44. The number of nitrogens with zero attached hydrogens (tertiary/aromatic N) is 3. The number of nitrogens with one attached hydrogen (secondary N) is 2. The predicted molar refractivity (Wildman–Crippen MR) is 120 cm³/mol. The van der Waals surface area contributed by atoms with Crippen LogP contribution in [-0.4, -0.2) is 42.7 Å². The highest BCUT2D eigenvalue weighted by Crippen LogP contribution is 2.30. The number of aryl methyl sites for hydroxylation is 1. The van der Waals surface area contributed by atoms with Crippen LogP contribution in [0.4, 0.5) is 23.0 Å². The molecular formula is C22H23N5O2S. The van der Waals surface area contributed by atoms with E-state index in [4.69, 9.17) is 4.74 Å². The van der Waals surface area contributed by atoms with E-state index in [2.05, 4.69) is 37.6 Å². The van der Waals surface area contributed by atoms with Crippen molar-refractivity contribution in [2.24, 2.45) is 0 Å². The van der Waals surface area contributed by atoms with Gasteiger partial charge in [-0.05, 0) is 55.5 Å². The summed E-state index contributed by atoms with van der Waals surface area (Å²) in [6, 6.07) is 15.9. The lowest BCUT2D eigenvalue weighted by Crippen LogP contribution is -2.36. The van der Waals surface area contributed by atoms with Gasteiger partial charge in [-0.3, -0.25) is 4.79 Å². The standard InChI is InChI=1S/C22H23N5O2S/c1-16-14-23-22(26-21(16)30-20-8-4-17(5-9-20)24-15-28)25-18-2-6-19(7-3-18)27-10-12-29-13-11-27/h2-9,14-15H,10-13H2,1H3,(H,24,28)(H,23,25,26). The molecule has 0 spiro atoms. The van der Waals surface area contributed by atoms with Crippen LogP contribution < -0.4 is 15.5 Å². The maximum atomic E-state index is 10.5. The molecule has 8 heteroatoms. The zero-order valence-corrected chi connectivity index (χ0v) is 17.5. The molecule has 0 aliphatic carbocycles. The summed E-state index contributed by atoms with van der Waals surface area (Å²) in [6.45, 7) is 5.37. The van der Waals surface area contributed by atoms with Gasteiger partial charge < -0.3 is 20.3 Å². The number of anilines is 4. The zero-order chi connectivity index (χ0) is 20.8. The van der Waals surface area contributed by atoms with Gasteiger partial charge in [0.2, 0.25) is 12.4 Å².